The molecule has 0 spiro atoms. The fraction of sp³-hybridized carbons (Fsp3) is 0.214. The molecule has 0 aliphatic rings. The number of nitrogens with one attached hydrogen (secondary N) is 2. The minimum absolute atomic E-state index is 0.0330. The zero-order chi connectivity index (χ0) is 24.6. The summed E-state index contributed by atoms with van der Waals surface area (Å²) in [6.07, 6.45) is 0.695. The average Bonchev–Trinajstić information content (AvgIpc) is 3.33. The maximum Gasteiger partial charge on any atom is 0.233 e. The summed E-state index contributed by atoms with van der Waals surface area (Å²) in [5.74, 6) is 1.34. The van der Waals surface area contributed by atoms with E-state index in [1.165, 1.54) is 11.8 Å². The average molecular weight is 488 g/mol. The van der Waals surface area contributed by atoms with Crippen LogP contribution in [0, 0.1) is 0 Å². The van der Waals surface area contributed by atoms with Gasteiger partial charge in [-0.05, 0) is 31.0 Å². The van der Waals surface area contributed by atoms with Gasteiger partial charge in [-0.2, -0.15) is 0 Å². The molecule has 2 N–H and O–H groups in total. The number of nitrogens with zero attached hydrogens (tertiary/aromatic N) is 1. The lowest BCUT2D eigenvalue weighted by molar-refractivity contribution is -0.120. The van der Waals surface area contributed by atoms with Gasteiger partial charge in [0.1, 0.15) is 0 Å². The van der Waals surface area contributed by atoms with Gasteiger partial charge in [0.2, 0.25) is 5.91 Å². The molecule has 3 aromatic carbocycles. The number of thioether (sulfide) groups is 1. The maximum atomic E-state index is 12.8. The topological polar surface area (TPSA) is 76.2 Å². The Hall–Kier alpha value is -3.71. The minimum atomic E-state index is -0.307. The number of hydrogen-bond donors (Lipinski definition) is 2. The molecule has 0 radical (unpaired) electrons. The zero-order valence-electron chi connectivity index (χ0n) is 20.1. The first kappa shape index (κ1) is 24.4. The third-order valence-electron chi connectivity index (χ3n) is 5.61. The molecule has 6 nitrogen and oxygen atoms in total. The Labute approximate surface area is 210 Å². The number of aromatic nitrogens is 2. The SMILES string of the molecule is COc1ccc(CCNC(=O)C(C)Sc2nc(-c3ccccc3)c(-c3ccccc3)[nH]2)cc1OC. The van der Waals surface area contributed by atoms with E-state index in [0.717, 1.165) is 28.1 Å². The molecule has 1 aromatic heterocycles. The fourth-order valence-electron chi connectivity index (χ4n) is 3.76. The molecule has 1 heterocycles. The van der Waals surface area contributed by atoms with Crippen LogP contribution in [0.15, 0.2) is 84.0 Å². The highest BCUT2D eigenvalue weighted by atomic mass is 32.2. The standard InChI is InChI=1S/C28H29N3O3S/c1-19(27(32)29-17-16-20-14-15-23(33-2)24(18-20)34-3)35-28-30-25(21-10-6-4-7-11-21)26(31-28)22-12-8-5-9-13-22/h4-15,18-19H,16-17H2,1-3H3,(H,29,32)(H,30,31). The highest BCUT2D eigenvalue weighted by Crippen LogP contribution is 2.33. The van der Waals surface area contributed by atoms with Crippen molar-refractivity contribution < 1.29 is 14.3 Å². The van der Waals surface area contributed by atoms with Crippen LogP contribution in [-0.2, 0) is 11.2 Å². The Morgan fingerprint density at radius 1 is 0.943 bits per heavy atom. The van der Waals surface area contributed by atoms with Crippen LogP contribution in [0.1, 0.15) is 12.5 Å². The van der Waals surface area contributed by atoms with Gasteiger partial charge in [-0.25, -0.2) is 4.98 Å². The number of aromatic amines is 1. The molecule has 0 aliphatic carbocycles. The lowest BCUT2D eigenvalue weighted by atomic mass is 10.1. The van der Waals surface area contributed by atoms with Crippen molar-refractivity contribution in [2.45, 2.75) is 23.8 Å². The van der Waals surface area contributed by atoms with Crippen molar-refractivity contribution in [2.75, 3.05) is 20.8 Å². The van der Waals surface area contributed by atoms with E-state index in [1.807, 2.05) is 73.7 Å². The Morgan fingerprint density at radius 2 is 1.60 bits per heavy atom. The molecule has 0 aliphatic heterocycles. The molecule has 7 heteroatoms. The van der Waals surface area contributed by atoms with E-state index in [2.05, 4.69) is 22.4 Å². The Kier molecular flexibility index (Phi) is 8.11. The molecule has 35 heavy (non-hydrogen) atoms. The second-order valence-corrected chi connectivity index (χ2v) is 9.32. The first-order valence-electron chi connectivity index (χ1n) is 11.4. The van der Waals surface area contributed by atoms with Gasteiger partial charge in [0.25, 0.3) is 0 Å². The van der Waals surface area contributed by atoms with E-state index in [1.54, 1.807) is 14.2 Å². The Bertz CT molecular complexity index is 1200. The van der Waals surface area contributed by atoms with E-state index < -0.39 is 0 Å². The second-order valence-electron chi connectivity index (χ2n) is 7.99. The summed E-state index contributed by atoms with van der Waals surface area (Å²) >= 11 is 1.42. The molecule has 1 atom stereocenters. The lowest BCUT2D eigenvalue weighted by Crippen LogP contribution is -2.32. The number of H-pyrrole nitrogens is 1. The molecule has 0 bridgehead atoms. The van der Waals surface area contributed by atoms with Crippen LogP contribution in [0.25, 0.3) is 22.5 Å². The third kappa shape index (κ3) is 6.05. The van der Waals surface area contributed by atoms with E-state index in [4.69, 9.17) is 14.5 Å². The van der Waals surface area contributed by atoms with Crippen molar-refractivity contribution in [1.82, 2.24) is 15.3 Å². The molecule has 0 saturated heterocycles. The van der Waals surface area contributed by atoms with Gasteiger partial charge in [-0.1, -0.05) is 78.5 Å². The number of carbonyl (C=O) groups excluding carboxylic acids is 1. The molecule has 180 valence electrons. The molecule has 4 rings (SSSR count). The van der Waals surface area contributed by atoms with Crippen molar-refractivity contribution >= 4 is 17.7 Å². The van der Waals surface area contributed by atoms with Crippen LogP contribution in [0.4, 0.5) is 0 Å². The smallest absolute Gasteiger partial charge is 0.233 e. The summed E-state index contributed by atoms with van der Waals surface area (Å²) in [5, 5.41) is 3.44. The summed E-state index contributed by atoms with van der Waals surface area (Å²) in [5.41, 5.74) is 4.97. The van der Waals surface area contributed by atoms with Crippen LogP contribution in [0.5, 0.6) is 11.5 Å². The van der Waals surface area contributed by atoms with E-state index >= 15 is 0 Å². The summed E-state index contributed by atoms with van der Waals surface area (Å²) in [7, 11) is 3.23. The first-order valence-corrected chi connectivity index (χ1v) is 12.3. The molecule has 1 amide bonds. The number of hydrogen-bond acceptors (Lipinski definition) is 5. The highest BCUT2D eigenvalue weighted by Gasteiger charge is 2.19. The molecule has 0 saturated carbocycles. The first-order chi connectivity index (χ1) is 17.1. The van der Waals surface area contributed by atoms with Crippen LogP contribution >= 0.6 is 11.8 Å². The van der Waals surface area contributed by atoms with Gasteiger partial charge in [-0.3, -0.25) is 4.79 Å². The minimum Gasteiger partial charge on any atom is -0.493 e. The summed E-state index contributed by atoms with van der Waals surface area (Å²) in [4.78, 5) is 21.1. The van der Waals surface area contributed by atoms with Crippen LogP contribution in [-0.4, -0.2) is 41.9 Å². The fourth-order valence-corrected chi connectivity index (χ4v) is 4.59. The van der Waals surface area contributed by atoms with Crippen molar-refractivity contribution in [2.24, 2.45) is 0 Å². The van der Waals surface area contributed by atoms with Gasteiger partial charge in [-0.15, -0.1) is 0 Å². The third-order valence-corrected chi connectivity index (χ3v) is 6.59. The molecule has 1 unspecified atom stereocenters. The van der Waals surface area contributed by atoms with Crippen molar-refractivity contribution in [1.29, 1.82) is 0 Å². The number of carbonyl (C=O) groups is 1. The number of amides is 1. The Morgan fingerprint density at radius 3 is 2.26 bits per heavy atom. The summed E-state index contributed by atoms with van der Waals surface area (Å²) in [6.45, 7) is 2.42. The second kappa shape index (κ2) is 11.6. The highest BCUT2D eigenvalue weighted by molar-refractivity contribution is 8.00. The van der Waals surface area contributed by atoms with Gasteiger partial charge in [0, 0.05) is 17.7 Å². The largest absolute Gasteiger partial charge is 0.493 e. The van der Waals surface area contributed by atoms with Gasteiger partial charge >= 0.3 is 0 Å². The number of rotatable bonds is 10. The number of imidazole rings is 1. The lowest BCUT2D eigenvalue weighted by Gasteiger charge is -2.12. The summed E-state index contributed by atoms with van der Waals surface area (Å²) in [6, 6.07) is 26.0. The van der Waals surface area contributed by atoms with Crippen LogP contribution in [0.3, 0.4) is 0 Å². The van der Waals surface area contributed by atoms with Gasteiger partial charge < -0.3 is 19.8 Å². The van der Waals surface area contributed by atoms with Crippen molar-refractivity contribution in [3.63, 3.8) is 0 Å². The molecular weight excluding hydrogens is 458 g/mol. The maximum absolute atomic E-state index is 12.8. The van der Waals surface area contributed by atoms with Crippen molar-refractivity contribution in [3.05, 3.63) is 84.4 Å². The molecule has 0 fully saturated rings. The normalized spacial score (nSPS) is 11.6. The molecular formula is C28H29N3O3S. The molecule has 4 aromatic rings. The number of ether oxygens (including phenoxy) is 2. The van der Waals surface area contributed by atoms with Crippen molar-refractivity contribution in [3.8, 4) is 34.0 Å². The van der Waals surface area contributed by atoms with E-state index in [9.17, 15) is 4.79 Å². The quantitative estimate of drug-likeness (QED) is 0.285. The van der Waals surface area contributed by atoms with Crippen LogP contribution in [0.2, 0.25) is 0 Å². The van der Waals surface area contributed by atoms with E-state index in [-0.39, 0.29) is 11.2 Å². The van der Waals surface area contributed by atoms with Gasteiger partial charge in [0.15, 0.2) is 16.7 Å². The zero-order valence-corrected chi connectivity index (χ0v) is 20.9. The predicted molar refractivity (Wildman–Crippen MR) is 141 cm³/mol. The monoisotopic (exact) mass is 487 g/mol. The Balaban J connectivity index is 1.41. The van der Waals surface area contributed by atoms with E-state index in [0.29, 0.717) is 29.6 Å². The predicted octanol–water partition coefficient (Wildman–Crippen LogP) is 5.60. The van der Waals surface area contributed by atoms with Crippen LogP contribution < -0.4 is 14.8 Å². The van der Waals surface area contributed by atoms with Gasteiger partial charge in [0.05, 0.1) is 30.9 Å². The number of methoxy groups -OCH3 is 2. The number of benzene rings is 3. The summed E-state index contributed by atoms with van der Waals surface area (Å²) < 4.78 is 10.6.